The minimum Gasteiger partial charge on any atom is -0.310 e. The maximum Gasteiger partial charge on any atom is 0.0666 e. The molecule has 1 aromatic heterocycles. The summed E-state index contributed by atoms with van der Waals surface area (Å²) in [6, 6.07) is 8.98. The number of nitrogens with zero attached hydrogens (tertiary/aromatic N) is 2. The van der Waals surface area contributed by atoms with Crippen LogP contribution < -0.4 is 5.32 Å². The van der Waals surface area contributed by atoms with Gasteiger partial charge in [-0.15, -0.1) is 0 Å². The lowest BCUT2D eigenvalue weighted by atomic mass is 10.1. The van der Waals surface area contributed by atoms with Gasteiger partial charge in [-0.2, -0.15) is 5.10 Å². The summed E-state index contributed by atoms with van der Waals surface area (Å²) in [5.41, 5.74) is 3.85. The van der Waals surface area contributed by atoms with E-state index in [0.29, 0.717) is 6.04 Å². The molecule has 0 spiro atoms. The summed E-state index contributed by atoms with van der Waals surface area (Å²) in [7, 11) is 1.98. The number of hydrogen-bond acceptors (Lipinski definition) is 2. The first-order valence-electron chi connectivity index (χ1n) is 7.07. The largest absolute Gasteiger partial charge is 0.310 e. The Balaban J connectivity index is 1.88. The zero-order valence-electron chi connectivity index (χ0n) is 12.4. The lowest BCUT2D eigenvalue weighted by Crippen LogP contribution is -2.27. The van der Waals surface area contributed by atoms with Crippen molar-refractivity contribution in [1.29, 1.82) is 0 Å². The van der Waals surface area contributed by atoms with E-state index in [4.69, 9.17) is 0 Å². The molecule has 0 saturated heterocycles. The summed E-state index contributed by atoms with van der Waals surface area (Å²) in [6.07, 6.45) is 4.13. The standard InChI is InChI=1S/C16H22BrN3/c1-4-16-14(11-20(3)19-16)10-18-12(2)9-13-5-7-15(17)8-6-13/h5-8,11-12,18H,4,9-10H2,1-3H3. The van der Waals surface area contributed by atoms with Crippen LogP contribution in [-0.2, 0) is 26.4 Å². The molecule has 3 nitrogen and oxygen atoms in total. The fraction of sp³-hybridized carbons (Fsp3) is 0.438. The Bertz CT molecular complexity index is 545. The second-order valence-corrected chi connectivity index (χ2v) is 6.16. The molecule has 1 unspecified atom stereocenters. The quantitative estimate of drug-likeness (QED) is 0.875. The van der Waals surface area contributed by atoms with Gasteiger partial charge in [0.05, 0.1) is 5.69 Å². The van der Waals surface area contributed by atoms with Crippen LogP contribution >= 0.6 is 15.9 Å². The molecule has 108 valence electrons. The third-order valence-electron chi connectivity index (χ3n) is 3.42. The van der Waals surface area contributed by atoms with Crippen molar-refractivity contribution in [3.05, 3.63) is 51.8 Å². The van der Waals surface area contributed by atoms with Crippen molar-refractivity contribution in [2.24, 2.45) is 7.05 Å². The van der Waals surface area contributed by atoms with Crippen molar-refractivity contribution in [3.63, 3.8) is 0 Å². The molecule has 1 N–H and O–H groups in total. The normalized spacial score (nSPS) is 12.6. The molecule has 0 radical (unpaired) electrons. The predicted molar refractivity (Wildman–Crippen MR) is 86.7 cm³/mol. The van der Waals surface area contributed by atoms with Gasteiger partial charge in [0.15, 0.2) is 0 Å². The summed E-state index contributed by atoms with van der Waals surface area (Å²) in [5.74, 6) is 0. The van der Waals surface area contributed by atoms with E-state index < -0.39 is 0 Å². The SMILES string of the molecule is CCc1nn(C)cc1CNC(C)Cc1ccc(Br)cc1. The fourth-order valence-electron chi connectivity index (χ4n) is 2.36. The van der Waals surface area contributed by atoms with Crippen LogP contribution in [0.1, 0.15) is 30.7 Å². The first-order valence-corrected chi connectivity index (χ1v) is 7.87. The van der Waals surface area contributed by atoms with E-state index in [1.165, 1.54) is 16.8 Å². The van der Waals surface area contributed by atoms with E-state index in [1.807, 2.05) is 11.7 Å². The Morgan fingerprint density at radius 1 is 1.30 bits per heavy atom. The molecule has 0 bridgehead atoms. The van der Waals surface area contributed by atoms with Crippen molar-refractivity contribution in [2.75, 3.05) is 0 Å². The Morgan fingerprint density at radius 2 is 2.00 bits per heavy atom. The van der Waals surface area contributed by atoms with Gasteiger partial charge in [-0.05, 0) is 37.5 Å². The van der Waals surface area contributed by atoms with Crippen LogP contribution in [0.2, 0.25) is 0 Å². The molecule has 0 fully saturated rings. The number of aryl methyl sites for hydroxylation is 2. The maximum absolute atomic E-state index is 4.47. The smallest absolute Gasteiger partial charge is 0.0666 e. The monoisotopic (exact) mass is 335 g/mol. The van der Waals surface area contributed by atoms with Gasteiger partial charge in [-0.3, -0.25) is 4.68 Å². The summed E-state index contributed by atoms with van der Waals surface area (Å²) >= 11 is 3.47. The van der Waals surface area contributed by atoms with Crippen molar-refractivity contribution < 1.29 is 0 Å². The van der Waals surface area contributed by atoms with E-state index in [9.17, 15) is 0 Å². The van der Waals surface area contributed by atoms with E-state index in [2.05, 4.69) is 70.7 Å². The molecule has 2 aromatic rings. The highest BCUT2D eigenvalue weighted by Gasteiger charge is 2.08. The van der Waals surface area contributed by atoms with Crippen LogP contribution in [-0.4, -0.2) is 15.8 Å². The Hall–Kier alpha value is -1.13. The van der Waals surface area contributed by atoms with Gasteiger partial charge in [-0.1, -0.05) is 35.0 Å². The number of benzene rings is 1. The number of rotatable bonds is 6. The molecule has 0 aliphatic rings. The zero-order chi connectivity index (χ0) is 14.5. The first kappa shape index (κ1) is 15.3. The Kier molecular flexibility index (Phi) is 5.38. The van der Waals surface area contributed by atoms with Gasteiger partial charge >= 0.3 is 0 Å². The second kappa shape index (κ2) is 7.04. The molecule has 0 aliphatic heterocycles. The Morgan fingerprint density at radius 3 is 2.65 bits per heavy atom. The number of nitrogens with one attached hydrogen (secondary N) is 1. The average molecular weight is 336 g/mol. The van der Waals surface area contributed by atoms with Crippen molar-refractivity contribution in [2.45, 2.75) is 39.3 Å². The fourth-order valence-corrected chi connectivity index (χ4v) is 2.62. The van der Waals surface area contributed by atoms with Gasteiger partial charge in [0.2, 0.25) is 0 Å². The molecule has 0 saturated carbocycles. The summed E-state index contributed by atoms with van der Waals surface area (Å²) in [6.45, 7) is 5.26. The minimum absolute atomic E-state index is 0.445. The highest BCUT2D eigenvalue weighted by Crippen LogP contribution is 2.12. The average Bonchev–Trinajstić information content (AvgIpc) is 2.79. The number of hydrogen-bond donors (Lipinski definition) is 1. The summed E-state index contributed by atoms with van der Waals surface area (Å²) in [4.78, 5) is 0. The van der Waals surface area contributed by atoms with E-state index in [0.717, 1.165) is 23.9 Å². The lowest BCUT2D eigenvalue weighted by Gasteiger charge is -2.14. The van der Waals surface area contributed by atoms with Crippen molar-refractivity contribution >= 4 is 15.9 Å². The third kappa shape index (κ3) is 4.18. The molecule has 1 atom stereocenters. The lowest BCUT2D eigenvalue weighted by molar-refractivity contribution is 0.544. The maximum atomic E-state index is 4.47. The number of halogens is 1. The minimum atomic E-state index is 0.445. The van der Waals surface area contributed by atoms with Gasteiger partial charge in [0.25, 0.3) is 0 Å². The summed E-state index contributed by atoms with van der Waals surface area (Å²) in [5, 5.41) is 8.06. The molecule has 1 heterocycles. The van der Waals surface area contributed by atoms with Crippen LogP contribution in [0.25, 0.3) is 0 Å². The van der Waals surface area contributed by atoms with E-state index in [-0.39, 0.29) is 0 Å². The van der Waals surface area contributed by atoms with Crippen LogP contribution in [0, 0.1) is 0 Å². The molecular weight excluding hydrogens is 314 g/mol. The molecule has 2 rings (SSSR count). The summed E-state index contributed by atoms with van der Waals surface area (Å²) < 4.78 is 3.03. The molecule has 0 amide bonds. The topological polar surface area (TPSA) is 29.9 Å². The van der Waals surface area contributed by atoms with Crippen LogP contribution in [0.3, 0.4) is 0 Å². The van der Waals surface area contributed by atoms with E-state index in [1.54, 1.807) is 0 Å². The van der Waals surface area contributed by atoms with Gasteiger partial charge in [-0.25, -0.2) is 0 Å². The molecule has 20 heavy (non-hydrogen) atoms. The van der Waals surface area contributed by atoms with E-state index >= 15 is 0 Å². The Labute approximate surface area is 129 Å². The van der Waals surface area contributed by atoms with Gasteiger partial charge < -0.3 is 5.32 Å². The molecular formula is C16H22BrN3. The van der Waals surface area contributed by atoms with Gasteiger partial charge in [0.1, 0.15) is 0 Å². The highest BCUT2D eigenvalue weighted by molar-refractivity contribution is 9.10. The van der Waals surface area contributed by atoms with Crippen LogP contribution in [0.5, 0.6) is 0 Å². The molecule has 1 aromatic carbocycles. The molecule has 4 heteroatoms. The van der Waals surface area contributed by atoms with Crippen LogP contribution in [0.15, 0.2) is 34.9 Å². The highest BCUT2D eigenvalue weighted by atomic mass is 79.9. The van der Waals surface area contributed by atoms with Crippen molar-refractivity contribution in [3.8, 4) is 0 Å². The van der Waals surface area contributed by atoms with Gasteiger partial charge in [0, 0.05) is 35.9 Å². The van der Waals surface area contributed by atoms with Crippen LogP contribution in [0.4, 0.5) is 0 Å². The third-order valence-corrected chi connectivity index (χ3v) is 3.95. The van der Waals surface area contributed by atoms with Crippen molar-refractivity contribution in [1.82, 2.24) is 15.1 Å². The number of aromatic nitrogens is 2. The predicted octanol–water partition coefficient (Wildman–Crippen LogP) is 3.47. The zero-order valence-corrected chi connectivity index (χ0v) is 13.9. The molecule has 0 aliphatic carbocycles. The second-order valence-electron chi connectivity index (χ2n) is 5.24. The first-order chi connectivity index (χ1) is 9.58.